The van der Waals surface area contributed by atoms with Gasteiger partial charge in [-0.05, 0) is 24.8 Å². The topological polar surface area (TPSA) is 86.8 Å². The number of urea groups is 1. The van der Waals surface area contributed by atoms with Gasteiger partial charge in [-0.3, -0.25) is 19.3 Å². The molecule has 0 saturated carbocycles. The number of nitrogens with one attached hydrogen (secondary N) is 1. The highest BCUT2D eigenvalue weighted by Crippen LogP contribution is 2.20. The zero-order valence-corrected chi connectivity index (χ0v) is 14.6. The number of rotatable bonds is 6. The summed E-state index contributed by atoms with van der Waals surface area (Å²) in [6.07, 6.45) is 2.70. The van der Waals surface area contributed by atoms with Gasteiger partial charge in [0.15, 0.2) is 0 Å². The fourth-order valence-electron chi connectivity index (χ4n) is 3.43. The second-order valence-corrected chi connectivity index (χ2v) is 6.77. The lowest BCUT2D eigenvalue weighted by Crippen LogP contribution is -2.47. The zero-order chi connectivity index (χ0) is 18.5. The summed E-state index contributed by atoms with van der Waals surface area (Å²) in [6.45, 7) is 0.614. The monoisotopic (exact) mass is 357 g/mol. The summed E-state index contributed by atoms with van der Waals surface area (Å²) in [5.74, 6) is -0.673. The lowest BCUT2D eigenvalue weighted by atomic mass is 9.90. The number of nitrogens with zero attached hydrogens (tertiary/aromatic N) is 2. The quantitative estimate of drug-likeness (QED) is 0.769. The largest absolute Gasteiger partial charge is 0.340 e. The van der Waals surface area contributed by atoms with Gasteiger partial charge in [-0.2, -0.15) is 0 Å². The van der Waals surface area contributed by atoms with Crippen molar-refractivity contribution >= 4 is 23.6 Å². The third-order valence-electron chi connectivity index (χ3n) is 4.96. The predicted octanol–water partition coefficient (Wildman–Crippen LogP) is 0.979. The van der Waals surface area contributed by atoms with Crippen molar-refractivity contribution in [2.24, 2.45) is 5.92 Å². The summed E-state index contributed by atoms with van der Waals surface area (Å²) in [6, 6.07) is 9.33. The number of imide groups is 1. The molecule has 1 aromatic rings. The number of carbonyl (C=O) groups is 4. The standard InChI is InChI=1S/C19H23N3O4/c23-16(9-8-14-5-2-1-3-6-14)15-7-4-10-21(12-15)18(25)13-22-17(24)11-20-19(22)26/h1-3,5-6,15H,4,7-13H2,(H,20,26)/t15-/m1/s1. The van der Waals surface area contributed by atoms with Crippen LogP contribution in [0.4, 0.5) is 4.79 Å². The first kappa shape index (κ1) is 18.1. The van der Waals surface area contributed by atoms with Crippen molar-refractivity contribution in [2.75, 3.05) is 26.2 Å². The second kappa shape index (κ2) is 8.12. The van der Waals surface area contributed by atoms with Crippen molar-refractivity contribution in [2.45, 2.75) is 25.7 Å². The molecule has 1 aromatic carbocycles. The maximum Gasteiger partial charge on any atom is 0.325 e. The van der Waals surface area contributed by atoms with E-state index in [0.717, 1.165) is 23.3 Å². The van der Waals surface area contributed by atoms with Crippen LogP contribution < -0.4 is 5.32 Å². The fraction of sp³-hybridized carbons (Fsp3) is 0.474. The Balaban J connectivity index is 1.51. The Kier molecular flexibility index (Phi) is 5.65. The maximum atomic E-state index is 12.5. The Morgan fingerprint density at radius 3 is 2.62 bits per heavy atom. The van der Waals surface area contributed by atoms with Gasteiger partial charge in [0.05, 0.1) is 6.54 Å². The van der Waals surface area contributed by atoms with E-state index in [2.05, 4.69) is 5.32 Å². The van der Waals surface area contributed by atoms with Gasteiger partial charge in [-0.15, -0.1) is 0 Å². The van der Waals surface area contributed by atoms with Gasteiger partial charge < -0.3 is 10.2 Å². The van der Waals surface area contributed by atoms with Crippen LogP contribution in [0.25, 0.3) is 0 Å². The number of aryl methyl sites for hydroxylation is 1. The lowest BCUT2D eigenvalue weighted by Gasteiger charge is -2.32. The average molecular weight is 357 g/mol. The van der Waals surface area contributed by atoms with E-state index in [4.69, 9.17) is 0 Å². The number of ketones is 1. The van der Waals surface area contributed by atoms with Crippen LogP contribution >= 0.6 is 0 Å². The Morgan fingerprint density at radius 2 is 1.92 bits per heavy atom. The van der Waals surface area contributed by atoms with E-state index >= 15 is 0 Å². The molecular weight excluding hydrogens is 334 g/mol. The van der Waals surface area contributed by atoms with Crippen LogP contribution in [0.15, 0.2) is 30.3 Å². The number of benzene rings is 1. The summed E-state index contributed by atoms with van der Waals surface area (Å²) < 4.78 is 0. The molecule has 138 valence electrons. The SMILES string of the molecule is O=C(CCc1ccccc1)[C@@H]1CCCN(C(=O)CN2C(=O)CNC2=O)C1. The summed E-state index contributed by atoms with van der Waals surface area (Å²) in [5, 5.41) is 2.40. The summed E-state index contributed by atoms with van der Waals surface area (Å²) >= 11 is 0. The Labute approximate surface area is 152 Å². The van der Waals surface area contributed by atoms with Gasteiger partial charge in [0, 0.05) is 25.4 Å². The van der Waals surface area contributed by atoms with E-state index in [1.54, 1.807) is 4.90 Å². The zero-order valence-electron chi connectivity index (χ0n) is 14.6. The van der Waals surface area contributed by atoms with E-state index in [9.17, 15) is 19.2 Å². The number of Topliss-reactive ketones (excluding diaryl/α,β-unsaturated/α-hetero) is 1. The van der Waals surface area contributed by atoms with E-state index in [-0.39, 0.29) is 30.7 Å². The molecule has 0 aromatic heterocycles. The molecule has 0 bridgehead atoms. The Morgan fingerprint density at radius 1 is 1.15 bits per heavy atom. The minimum absolute atomic E-state index is 0.0628. The van der Waals surface area contributed by atoms with Gasteiger partial charge in [0.25, 0.3) is 5.91 Å². The molecule has 0 radical (unpaired) electrons. The molecule has 2 fully saturated rings. The van der Waals surface area contributed by atoms with Crippen LogP contribution in [0.5, 0.6) is 0 Å². The van der Waals surface area contributed by atoms with Crippen molar-refractivity contribution in [1.82, 2.24) is 15.1 Å². The van der Waals surface area contributed by atoms with E-state index < -0.39 is 11.9 Å². The molecule has 7 nitrogen and oxygen atoms in total. The van der Waals surface area contributed by atoms with Gasteiger partial charge >= 0.3 is 6.03 Å². The minimum atomic E-state index is -0.532. The lowest BCUT2D eigenvalue weighted by molar-refractivity contribution is -0.139. The number of carbonyl (C=O) groups excluding carboxylic acids is 4. The molecule has 26 heavy (non-hydrogen) atoms. The van der Waals surface area contributed by atoms with Gasteiger partial charge in [-0.1, -0.05) is 30.3 Å². The van der Waals surface area contributed by atoms with Gasteiger partial charge in [0.2, 0.25) is 5.91 Å². The van der Waals surface area contributed by atoms with Crippen LogP contribution in [0, 0.1) is 5.92 Å². The number of hydrogen-bond donors (Lipinski definition) is 1. The molecule has 2 saturated heterocycles. The molecule has 1 N–H and O–H groups in total. The highest BCUT2D eigenvalue weighted by atomic mass is 16.2. The van der Waals surface area contributed by atoms with Gasteiger partial charge in [0.1, 0.15) is 12.3 Å². The first-order valence-electron chi connectivity index (χ1n) is 8.97. The highest BCUT2D eigenvalue weighted by Gasteiger charge is 2.34. The Bertz CT molecular complexity index is 688. The summed E-state index contributed by atoms with van der Waals surface area (Å²) in [7, 11) is 0. The molecule has 0 aliphatic carbocycles. The van der Waals surface area contributed by atoms with Crippen LogP contribution in [0.2, 0.25) is 0 Å². The Hall–Kier alpha value is -2.70. The van der Waals surface area contributed by atoms with Crippen molar-refractivity contribution in [3.63, 3.8) is 0 Å². The van der Waals surface area contributed by atoms with Crippen LogP contribution in [-0.2, 0) is 20.8 Å². The second-order valence-electron chi connectivity index (χ2n) is 6.77. The van der Waals surface area contributed by atoms with Crippen molar-refractivity contribution < 1.29 is 19.2 Å². The van der Waals surface area contributed by atoms with E-state index in [1.807, 2.05) is 30.3 Å². The smallest absolute Gasteiger partial charge is 0.325 e. The first-order chi connectivity index (χ1) is 12.5. The molecule has 0 spiro atoms. The van der Waals surface area contributed by atoms with E-state index in [1.165, 1.54) is 0 Å². The molecule has 2 aliphatic rings. The van der Waals surface area contributed by atoms with Crippen molar-refractivity contribution in [1.29, 1.82) is 0 Å². The van der Waals surface area contributed by atoms with Crippen LogP contribution in [0.3, 0.4) is 0 Å². The normalized spacial score (nSPS) is 20.2. The molecule has 7 heteroatoms. The first-order valence-corrected chi connectivity index (χ1v) is 8.97. The summed E-state index contributed by atoms with van der Waals surface area (Å²) in [5.41, 5.74) is 1.13. The van der Waals surface area contributed by atoms with Crippen LogP contribution in [-0.4, -0.2) is 59.6 Å². The van der Waals surface area contributed by atoms with Crippen molar-refractivity contribution in [3.8, 4) is 0 Å². The molecular formula is C19H23N3O4. The number of hydrogen-bond acceptors (Lipinski definition) is 4. The highest BCUT2D eigenvalue weighted by molar-refractivity contribution is 6.04. The van der Waals surface area contributed by atoms with Crippen LogP contribution in [0.1, 0.15) is 24.8 Å². The van der Waals surface area contributed by atoms with Crippen molar-refractivity contribution in [3.05, 3.63) is 35.9 Å². The third kappa shape index (κ3) is 4.28. The molecule has 3 rings (SSSR count). The maximum absolute atomic E-state index is 12.5. The molecule has 0 unspecified atom stereocenters. The molecule has 2 heterocycles. The number of piperidine rings is 1. The van der Waals surface area contributed by atoms with Gasteiger partial charge in [-0.25, -0.2) is 4.79 Å². The summed E-state index contributed by atoms with van der Waals surface area (Å²) in [4.78, 5) is 50.7. The van der Waals surface area contributed by atoms with E-state index in [0.29, 0.717) is 25.9 Å². The molecule has 1 atom stereocenters. The predicted molar refractivity (Wildman–Crippen MR) is 94.2 cm³/mol. The number of amides is 4. The molecule has 4 amide bonds. The fourth-order valence-corrected chi connectivity index (χ4v) is 3.43. The minimum Gasteiger partial charge on any atom is -0.340 e. The average Bonchev–Trinajstić information content (AvgIpc) is 2.99. The third-order valence-corrected chi connectivity index (χ3v) is 4.96. The number of likely N-dealkylation sites (tertiary alicyclic amines) is 1. The molecule has 2 aliphatic heterocycles.